The monoisotopic (exact) mass is 513 g/mol. The molecule has 0 bridgehead atoms. The second-order valence-corrected chi connectivity index (χ2v) is 9.27. The van der Waals surface area contributed by atoms with E-state index in [1.54, 1.807) is 29.0 Å². The third-order valence-corrected chi connectivity index (χ3v) is 6.44. The van der Waals surface area contributed by atoms with E-state index in [1.807, 2.05) is 55.5 Å². The van der Waals surface area contributed by atoms with Gasteiger partial charge in [0.15, 0.2) is 0 Å². The van der Waals surface area contributed by atoms with Gasteiger partial charge < -0.3 is 5.32 Å². The minimum Gasteiger partial charge on any atom is -0.351 e. The standard InChI is InChI=1S/C25H21Cl2N3O3S/c1-2-28-25(31)21-14-30(24(29-21)23-19(26)9-6-10-20(23)27)22-12-11-17(13-18(22)15-34(32)33)16-7-4-3-5-8-16/h3-14,34H,2,15H2,1H3,(H,28,31). The molecule has 0 unspecified atom stereocenters. The summed E-state index contributed by atoms with van der Waals surface area (Å²) in [5.41, 5.74) is 3.56. The highest BCUT2D eigenvalue weighted by molar-refractivity contribution is 7.71. The molecule has 0 aliphatic heterocycles. The Kier molecular flexibility index (Phi) is 7.36. The number of carbonyl (C=O) groups excluding carboxylic acids is 1. The summed E-state index contributed by atoms with van der Waals surface area (Å²) >= 11 is 12.9. The molecule has 0 spiro atoms. The number of nitrogens with zero attached hydrogens (tertiary/aromatic N) is 2. The van der Waals surface area contributed by atoms with Crippen molar-refractivity contribution in [2.45, 2.75) is 12.7 Å². The van der Waals surface area contributed by atoms with Gasteiger partial charge in [0.2, 0.25) is 0 Å². The van der Waals surface area contributed by atoms with Gasteiger partial charge in [-0.25, -0.2) is 13.4 Å². The van der Waals surface area contributed by atoms with Gasteiger partial charge in [-0.3, -0.25) is 9.36 Å². The molecule has 1 N–H and O–H groups in total. The fourth-order valence-corrected chi connectivity index (χ4v) is 4.81. The third kappa shape index (κ3) is 5.01. The van der Waals surface area contributed by atoms with Gasteiger partial charge in [-0.2, -0.15) is 0 Å². The van der Waals surface area contributed by atoms with Gasteiger partial charge in [0, 0.05) is 12.7 Å². The minimum absolute atomic E-state index is 0.164. The Bertz CT molecular complexity index is 1400. The van der Waals surface area contributed by atoms with E-state index in [-0.39, 0.29) is 17.4 Å². The molecule has 9 heteroatoms. The first-order valence-corrected chi connectivity index (χ1v) is 12.6. The molecule has 0 radical (unpaired) electrons. The number of benzene rings is 3. The molecule has 0 atom stereocenters. The zero-order chi connectivity index (χ0) is 24.2. The first-order valence-electron chi connectivity index (χ1n) is 10.5. The number of hydrogen-bond acceptors (Lipinski definition) is 4. The topological polar surface area (TPSA) is 81.1 Å². The molecule has 4 rings (SSSR count). The molecule has 0 aliphatic carbocycles. The van der Waals surface area contributed by atoms with Crippen molar-refractivity contribution in [3.8, 4) is 28.2 Å². The van der Waals surface area contributed by atoms with E-state index in [1.165, 1.54) is 0 Å². The van der Waals surface area contributed by atoms with Crippen molar-refractivity contribution in [2.24, 2.45) is 0 Å². The molecular formula is C25H21Cl2N3O3S. The summed E-state index contributed by atoms with van der Waals surface area (Å²) in [6.07, 6.45) is 1.57. The third-order valence-electron chi connectivity index (χ3n) is 5.21. The molecule has 0 aliphatic rings. The van der Waals surface area contributed by atoms with E-state index in [9.17, 15) is 13.2 Å². The van der Waals surface area contributed by atoms with Crippen LogP contribution >= 0.6 is 23.2 Å². The summed E-state index contributed by atoms with van der Waals surface area (Å²) in [5.74, 6) is -0.204. The number of carbonyl (C=O) groups is 1. The second kappa shape index (κ2) is 10.4. The Morgan fingerprint density at radius 1 is 0.971 bits per heavy atom. The average Bonchev–Trinajstić information content (AvgIpc) is 3.24. The molecule has 6 nitrogen and oxygen atoms in total. The quantitative estimate of drug-likeness (QED) is 0.325. The fraction of sp³-hybridized carbons (Fsp3) is 0.120. The SMILES string of the molecule is CCNC(=O)c1cn(-c2ccc(-c3ccccc3)cc2C[SH](=O)=O)c(-c2c(Cl)cccc2Cl)n1. The number of imidazole rings is 1. The second-order valence-electron chi connectivity index (χ2n) is 7.48. The maximum Gasteiger partial charge on any atom is 0.271 e. The van der Waals surface area contributed by atoms with E-state index < -0.39 is 10.7 Å². The van der Waals surface area contributed by atoms with Crippen LogP contribution in [-0.4, -0.2) is 30.4 Å². The molecule has 174 valence electrons. The van der Waals surface area contributed by atoms with Crippen LogP contribution < -0.4 is 5.32 Å². The largest absolute Gasteiger partial charge is 0.351 e. The molecule has 0 fully saturated rings. The van der Waals surface area contributed by atoms with Crippen molar-refractivity contribution in [1.82, 2.24) is 14.9 Å². The summed E-state index contributed by atoms with van der Waals surface area (Å²) in [5, 5.41) is 3.46. The highest BCUT2D eigenvalue weighted by Crippen LogP contribution is 2.36. The molecule has 3 aromatic carbocycles. The van der Waals surface area contributed by atoms with Crippen molar-refractivity contribution in [1.29, 1.82) is 0 Å². The Balaban J connectivity index is 1.96. The van der Waals surface area contributed by atoms with Gasteiger partial charge in [-0.1, -0.05) is 65.7 Å². The Labute approximate surface area is 209 Å². The lowest BCUT2D eigenvalue weighted by atomic mass is 10.0. The predicted octanol–water partition coefficient (Wildman–Crippen LogP) is 5.37. The Hall–Kier alpha value is -3.13. The van der Waals surface area contributed by atoms with E-state index in [4.69, 9.17) is 23.2 Å². The number of thiol groups is 1. The number of hydrogen-bond donors (Lipinski definition) is 2. The summed E-state index contributed by atoms with van der Waals surface area (Å²) < 4.78 is 25.2. The van der Waals surface area contributed by atoms with Gasteiger partial charge in [-0.05, 0) is 47.9 Å². The summed E-state index contributed by atoms with van der Waals surface area (Å²) in [6, 6.07) is 20.3. The Morgan fingerprint density at radius 2 is 1.68 bits per heavy atom. The molecule has 4 aromatic rings. The van der Waals surface area contributed by atoms with E-state index in [0.29, 0.717) is 39.2 Å². The van der Waals surface area contributed by atoms with Crippen LogP contribution in [0.2, 0.25) is 10.0 Å². The van der Waals surface area contributed by atoms with Gasteiger partial charge in [-0.15, -0.1) is 0 Å². The fourth-order valence-electron chi connectivity index (χ4n) is 3.71. The van der Waals surface area contributed by atoms with E-state index in [0.717, 1.165) is 11.1 Å². The van der Waals surface area contributed by atoms with Crippen LogP contribution in [0.4, 0.5) is 0 Å². The normalized spacial score (nSPS) is 11.1. The summed E-state index contributed by atoms with van der Waals surface area (Å²) in [7, 11) is -2.72. The van der Waals surface area contributed by atoms with Crippen molar-refractivity contribution in [3.05, 3.63) is 94.2 Å². The lowest BCUT2D eigenvalue weighted by Gasteiger charge is -2.15. The van der Waals surface area contributed by atoms with Crippen molar-refractivity contribution >= 4 is 39.8 Å². The number of rotatable bonds is 7. The average molecular weight is 514 g/mol. The van der Waals surface area contributed by atoms with Crippen LogP contribution in [0.5, 0.6) is 0 Å². The molecular weight excluding hydrogens is 493 g/mol. The van der Waals surface area contributed by atoms with Crippen LogP contribution in [0.1, 0.15) is 23.0 Å². The van der Waals surface area contributed by atoms with Crippen LogP contribution in [-0.2, 0) is 16.5 Å². The molecule has 1 heterocycles. The van der Waals surface area contributed by atoms with E-state index in [2.05, 4.69) is 10.3 Å². The Morgan fingerprint density at radius 3 is 2.32 bits per heavy atom. The molecule has 0 saturated heterocycles. The summed E-state index contributed by atoms with van der Waals surface area (Å²) in [6.45, 7) is 2.24. The van der Waals surface area contributed by atoms with Crippen LogP contribution in [0.25, 0.3) is 28.2 Å². The van der Waals surface area contributed by atoms with Gasteiger partial charge >= 0.3 is 0 Å². The number of halogens is 2. The number of aromatic nitrogens is 2. The minimum atomic E-state index is -2.72. The van der Waals surface area contributed by atoms with Crippen molar-refractivity contribution < 1.29 is 13.2 Å². The number of amides is 1. The highest BCUT2D eigenvalue weighted by atomic mass is 35.5. The van der Waals surface area contributed by atoms with Gasteiger partial charge in [0.05, 0.1) is 27.0 Å². The number of nitrogens with one attached hydrogen (secondary N) is 1. The molecule has 1 aromatic heterocycles. The summed E-state index contributed by atoms with van der Waals surface area (Å²) in [4.78, 5) is 17.1. The van der Waals surface area contributed by atoms with Crippen LogP contribution in [0.15, 0.2) is 72.9 Å². The van der Waals surface area contributed by atoms with Gasteiger partial charge in [0.25, 0.3) is 5.91 Å². The lowest BCUT2D eigenvalue weighted by Crippen LogP contribution is -2.22. The lowest BCUT2D eigenvalue weighted by molar-refractivity contribution is 0.0951. The maximum atomic E-state index is 12.6. The van der Waals surface area contributed by atoms with Crippen LogP contribution in [0, 0.1) is 0 Å². The molecule has 0 saturated carbocycles. The zero-order valence-corrected chi connectivity index (χ0v) is 20.6. The van der Waals surface area contributed by atoms with Crippen LogP contribution in [0.3, 0.4) is 0 Å². The zero-order valence-electron chi connectivity index (χ0n) is 18.2. The van der Waals surface area contributed by atoms with Gasteiger partial charge in [0.1, 0.15) is 22.2 Å². The van der Waals surface area contributed by atoms with Crippen molar-refractivity contribution in [2.75, 3.05) is 6.54 Å². The first-order chi connectivity index (χ1) is 16.4. The predicted molar refractivity (Wildman–Crippen MR) is 136 cm³/mol. The highest BCUT2D eigenvalue weighted by Gasteiger charge is 2.22. The molecule has 34 heavy (non-hydrogen) atoms. The maximum absolute atomic E-state index is 12.6. The van der Waals surface area contributed by atoms with Crippen molar-refractivity contribution in [3.63, 3.8) is 0 Å². The smallest absolute Gasteiger partial charge is 0.271 e. The first kappa shape index (κ1) is 24.0. The molecule has 1 amide bonds. The van der Waals surface area contributed by atoms with E-state index >= 15 is 0 Å².